The van der Waals surface area contributed by atoms with Crippen molar-refractivity contribution >= 4 is 108 Å². The van der Waals surface area contributed by atoms with E-state index in [9.17, 15) is 31.2 Å². The summed E-state index contributed by atoms with van der Waals surface area (Å²) in [6.45, 7) is 6.60. The summed E-state index contributed by atoms with van der Waals surface area (Å²) in [7, 11) is -7.67. The van der Waals surface area contributed by atoms with Gasteiger partial charge in [-0.25, -0.2) is 46.2 Å². The molecule has 15 rings (SSSR count). The molecular weight excluding hydrogens is 1500 g/mol. The molecule has 0 spiro atoms. The first kappa shape index (κ1) is 79.4. The van der Waals surface area contributed by atoms with Crippen LogP contribution in [0, 0.1) is 5.92 Å². The van der Waals surface area contributed by atoms with Gasteiger partial charge in [-0.15, -0.1) is 0 Å². The van der Waals surface area contributed by atoms with Gasteiger partial charge in [0.15, 0.2) is 17.1 Å². The number of morpholine rings is 1. The Morgan fingerprint density at radius 3 is 1.23 bits per heavy atom. The number of nitrogens with zero attached hydrogens (tertiary/aromatic N) is 8. The van der Waals surface area contributed by atoms with E-state index < -0.39 is 20.0 Å². The number of nitrogens with two attached hydrogens (primary N) is 2. The van der Waals surface area contributed by atoms with Crippen molar-refractivity contribution in [3.05, 3.63) is 264 Å². The van der Waals surface area contributed by atoms with E-state index in [1.54, 1.807) is 46.0 Å². The molecule has 21 nitrogen and oxygen atoms in total. The third kappa shape index (κ3) is 19.8. The number of rotatable bonds is 16. The second-order valence-corrected chi connectivity index (χ2v) is 33.1. The number of carbonyl (C=O) groups excluding carboxylic acids is 3. The minimum Gasteiger partial charge on any atom is -0.379 e. The van der Waals surface area contributed by atoms with Crippen molar-refractivity contribution in [3.63, 3.8) is 0 Å². The average Bonchev–Trinajstić information content (AvgIpc) is 1.62. The Labute approximate surface area is 663 Å². The third-order valence-electron chi connectivity index (χ3n) is 20.9. The molecule has 1 saturated carbocycles. The van der Waals surface area contributed by atoms with Crippen LogP contribution in [0.25, 0.3) is 52.0 Å². The van der Waals surface area contributed by atoms with Gasteiger partial charge < -0.3 is 15.4 Å². The first-order chi connectivity index (χ1) is 53.6. The Bertz CT molecular complexity index is 5290. The number of amides is 3. The number of hydrogen-bond donors (Lipinski definition) is 5. The summed E-state index contributed by atoms with van der Waals surface area (Å²) in [5.74, 6) is -0.101. The summed E-state index contributed by atoms with van der Waals surface area (Å²) in [4.78, 5) is 44.8. The maximum atomic E-state index is 13.7. The van der Waals surface area contributed by atoms with Gasteiger partial charge in [-0.05, 0) is 264 Å². The predicted molar refractivity (Wildman–Crippen MR) is 438 cm³/mol. The second kappa shape index (κ2) is 36.2. The molecule has 7 N–H and O–H groups in total. The van der Waals surface area contributed by atoms with Gasteiger partial charge in [-0.3, -0.25) is 24.8 Å². The molecule has 4 aromatic heterocycles. The molecular formula is C85H90Cl3N13O8S2. The number of carbonyl (C=O) groups is 3. The SMILES string of the molecule is C[C@@H](NC(=O)c1nn(-c2ccc(S(N)(=O)=O)cc2)c2c1CCCC/C2=C\c1ccc(Cl)cc1)C1CCCCC1.C[C@@H](NC(=O)c1nn(-c2ccc(S(N)(=O)=O)cc2)c2c1CCCC/C2=C\c1ccc(Cl)cc1)c1ccccc1.O=C(NN1CCOCC1)c1nn(-c2ccncc2)c2c1CCCC/C2=C\c1ccc(Cl)cc1. The monoisotopic (exact) mass is 1590 g/mol. The largest absolute Gasteiger partial charge is 0.379 e. The van der Waals surface area contributed by atoms with E-state index in [0.29, 0.717) is 82.2 Å². The molecule has 4 aliphatic carbocycles. The van der Waals surface area contributed by atoms with Gasteiger partial charge in [-0.1, -0.05) is 121 Å². The zero-order valence-electron chi connectivity index (χ0n) is 62.0. The van der Waals surface area contributed by atoms with Crippen LogP contribution < -0.4 is 26.3 Å². The lowest BCUT2D eigenvalue weighted by molar-refractivity contribution is 0.0124. The number of benzene rings is 6. The van der Waals surface area contributed by atoms with E-state index in [1.165, 1.54) is 49.1 Å². The number of aromatic nitrogens is 7. The molecule has 1 saturated heterocycles. The molecule has 5 aliphatic rings. The fourth-order valence-electron chi connectivity index (χ4n) is 15.1. The van der Waals surface area contributed by atoms with Crippen molar-refractivity contribution in [1.29, 1.82) is 0 Å². The lowest BCUT2D eigenvalue weighted by atomic mass is 9.84. The number of ether oxygens (including phenoxy) is 1. The minimum atomic E-state index is -3.84. The smallest absolute Gasteiger partial charge is 0.286 e. The van der Waals surface area contributed by atoms with Crippen LogP contribution in [-0.4, -0.2) is 106 Å². The van der Waals surface area contributed by atoms with Gasteiger partial charge in [-0.2, -0.15) is 15.3 Å². The second-order valence-electron chi connectivity index (χ2n) is 28.6. The molecule has 0 radical (unpaired) electrons. The number of sulfonamides is 2. The third-order valence-corrected chi connectivity index (χ3v) is 23.5. The lowest BCUT2D eigenvalue weighted by Crippen LogP contribution is -2.48. The summed E-state index contributed by atoms with van der Waals surface area (Å²) in [6.07, 6.45) is 26.5. The van der Waals surface area contributed by atoms with Gasteiger partial charge in [0, 0.05) is 63.3 Å². The number of nitrogens with one attached hydrogen (secondary N) is 3. The molecule has 3 amide bonds. The van der Waals surface area contributed by atoms with Gasteiger partial charge in [0.05, 0.1) is 63.2 Å². The quantitative estimate of drug-likeness (QED) is 0.0563. The van der Waals surface area contributed by atoms with E-state index >= 15 is 0 Å². The molecule has 6 aromatic carbocycles. The number of pyridine rings is 1. The van der Waals surface area contributed by atoms with Crippen molar-refractivity contribution in [2.75, 3.05) is 26.3 Å². The minimum absolute atomic E-state index is 0.0103. The highest BCUT2D eigenvalue weighted by molar-refractivity contribution is 7.89. The lowest BCUT2D eigenvalue weighted by Gasteiger charge is -2.28. The van der Waals surface area contributed by atoms with Crippen molar-refractivity contribution in [3.8, 4) is 17.1 Å². The average molecular weight is 1590 g/mol. The van der Waals surface area contributed by atoms with E-state index in [4.69, 9.17) is 65.1 Å². The topological polar surface area (TPSA) is 286 Å². The molecule has 2 atom stereocenters. The number of hydrogen-bond acceptors (Lipinski definition) is 13. The van der Waals surface area contributed by atoms with Crippen LogP contribution in [0.3, 0.4) is 0 Å². The summed E-state index contributed by atoms with van der Waals surface area (Å²) < 4.78 is 58.2. The fourth-order valence-corrected chi connectivity index (χ4v) is 16.5. The first-order valence-corrected chi connectivity index (χ1v) is 42.0. The Balaban J connectivity index is 0.000000147. The number of halogens is 3. The van der Waals surface area contributed by atoms with Gasteiger partial charge >= 0.3 is 0 Å². The molecule has 111 heavy (non-hydrogen) atoms. The zero-order chi connectivity index (χ0) is 77.8. The Morgan fingerprint density at radius 1 is 0.459 bits per heavy atom. The maximum Gasteiger partial charge on any atom is 0.286 e. The van der Waals surface area contributed by atoms with E-state index in [-0.39, 0.29) is 39.6 Å². The van der Waals surface area contributed by atoms with Crippen LogP contribution in [0.5, 0.6) is 0 Å². The number of primary sulfonamides is 2. The Morgan fingerprint density at radius 2 is 0.829 bits per heavy atom. The molecule has 10 aromatic rings. The molecule has 2 fully saturated rings. The number of hydrazine groups is 1. The van der Waals surface area contributed by atoms with Crippen LogP contribution in [0.2, 0.25) is 15.1 Å². The summed E-state index contributed by atoms with van der Waals surface area (Å²) in [5, 5.41) is 35.4. The van der Waals surface area contributed by atoms with Crippen molar-refractivity contribution in [1.82, 2.24) is 55.4 Å². The standard InChI is InChI=1S/C30H35ClN4O3S.C30H29ClN4O3S.C25H26ClN5O2/c2*1-20(22-7-3-2-4-8-22)33-30(36)28-27-10-6-5-9-23(19-21-11-13-24(31)14-12-21)29(27)35(34-28)25-15-17-26(18-16-25)39(32,37)38;26-20-7-5-18(6-8-20)17-19-3-1-2-4-22-23(25(32)29-30-13-15-33-16-14-30)28-31(24(19)22)21-9-11-27-12-10-21/h11-20,22H,2-10H2,1H3,(H,33,36)(H2,32,37,38);2-4,7-8,11-20H,5-6,9-10H2,1H3,(H,33,36)(H2,32,37,38);5-12,17H,1-4,13-16H2,(H,29,32)/b2*23-19+;19-17+/t2*20-;/m11./s1. The molecule has 1 aliphatic heterocycles. The first-order valence-electron chi connectivity index (χ1n) is 37.8. The molecule has 5 heterocycles. The highest BCUT2D eigenvalue weighted by Gasteiger charge is 2.33. The van der Waals surface area contributed by atoms with Crippen molar-refractivity contribution in [2.24, 2.45) is 16.2 Å². The Hall–Kier alpha value is -9.66. The van der Waals surface area contributed by atoms with Crippen LogP contribution in [0.15, 0.2) is 186 Å². The van der Waals surface area contributed by atoms with Gasteiger partial charge in [0.2, 0.25) is 20.0 Å². The number of allylic oxidation sites excluding steroid dienone is 3. The summed E-state index contributed by atoms with van der Waals surface area (Å²) >= 11 is 18.3. The highest BCUT2D eigenvalue weighted by atomic mass is 35.5. The fraction of sp³-hybridized carbons (Fsp3) is 0.306. The predicted octanol–water partition coefficient (Wildman–Crippen LogP) is 16.2. The van der Waals surface area contributed by atoms with Crippen LogP contribution in [0.4, 0.5) is 0 Å². The Kier molecular flexibility index (Phi) is 25.9. The van der Waals surface area contributed by atoms with E-state index in [0.717, 1.165) is 156 Å². The summed E-state index contributed by atoms with van der Waals surface area (Å²) in [6, 6.07) is 49.1. The molecule has 26 heteroatoms. The van der Waals surface area contributed by atoms with Gasteiger partial charge in [0.1, 0.15) is 0 Å². The zero-order valence-corrected chi connectivity index (χ0v) is 65.9. The van der Waals surface area contributed by atoms with Crippen molar-refractivity contribution < 1.29 is 36.0 Å². The van der Waals surface area contributed by atoms with Crippen molar-refractivity contribution in [2.45, 2.75) is 145 Å². The molecule has 576 valence electrons. The van der Waals surface area contributed by atoms with Crippen LogP contribution in [0.1, 0.15) is 197 Å². The van der Waals surface area contributed by atoms with E-state index in [1.807, 2.05) is 132 Å². The van der Waals surface area contributed by atoms with E-state index in [2.05, 4.69) is 46.2 Å². The summed E-state index contributed by atoms with van der Waals surface area (Å²) in [5.41, 5.74) is 19.4. The highest BCUT2D eigenvalue weighted by Crippen LogP contribution is 2.40. The molecule has 0 bridgehead atoms. The van der Waals surface area contributed by atoms with Crippen LogP contribution >= 0.6 is 34.8 Å². The molecule has 0 unspecified atom stereocenters. The van der Waals surface area contributed by atoms with Crippen LogP contribution in [-0.2, 0) is 44.0 Å². The maximum absolute atomic E-state index is 13.7. The number of fused-ring (bicyclic) bond motifs is 3. The van der Waals surface area contributed by atoms with Gasteiger partial charge in [0.25, 0.3) is 17.7 Å². The normalized spacial score (nSPS) is 17.2.